The second-order valence-electron chi connectivity index (χ2n) is 4.94. The molecule has 0 aromatic heterocycles. The van der Waals surface area contributed by atoms with Gasteiger partial charge in [-0.25, -0.2) is 0 Å². The highest BCUT2D eigenvalue weighted by molar-refractivity contribution is 6.08. The number of carbonyl (C=O) groups is 1. The summed E-state index contributed by atoms with van der Waals surface area (Å²) < 4.78 is 0. The van der Waals surface area contributed by atoms with Crippen LogP contribution in [0, 0.1) is 6.92 Å². The SMILES string of the molecule is CCCc1ccc(NC(=O)c2cccc(C)c2N)cc1. The second kappa shape index (κ2) is 6.24. The van der Waals surface area contributed by atoms with Gasteiger partial charge in [-0.2, -0.15) is 0 Å². The summed E-state index contributed by atoms with van der Waals surface area (Å²) in [5.41, 5.74) is 9.97. The first-order valence-electron chi connectivity index (χ1n) is 6.87. The van der Waals surface area contributed by atoms with Crippen LogP contribution in [0.4, 0.5) is 11.4 Å². The third kappa shape index (κ3) is 3.18. The zero-order valence-electron chi connectivity index (χ0n) is 11.9. The van der Waals surface area contributed by atoms with Gasteiger partial charge in [0.25, 0.3) is 5.91 Å². The van der Waals surface area contributed by atoms with Gasteiger partial charge in [0, 0.05) is 11.4 Å². The van der Waals surface area contributed by atoms with E-state index < -0.39 is 0 Å². The average Bonchev–Trinajstić information content (AvgIpc) is 2.44. The lowest BCUT2D eigenvalue weighted by Crippen LogP contribution is -2.14. The Morgan fingerprint density at radius 3 is 2.50 bits per heavy atom. The summed E-state index contributed by atoms with van der Waals surface area (Å²) in [7, 11) is 0. The van der Waals surface area contributed by atoms with Crippen LogP contribution in [-0.4, -0.2) is 5.91 Å². The number of nitrogens with two attached hydrogens (primary N) is 1. The molecule has 3 N–H and O–H groups in total. The van der Waals surface area contributed by atoms with Gasteiger partial charge in [0.05, 0.1) is 5.56 Å². The second-order valence-corrected chi connectivity index (χ2v) is 4.94. The Kier molecular flexibility index (Phi) is 4.41. The van der Waals surface area contributed by atoms with Crippen molar-refractivity contribution in [3.05, 3.63) is 59.2 Å². The van der Waals surface area contributed by atoms with Crippen LogP contribution in [0.3, 0.4) is 0 Å². The van der Waals surface area contributed by atoms with Crippen molar-refractivity contribution in [2.45, 2.75) is 26.7 Å². The monoisotopic (exact) mass is 268 g/mol. The fraction of sp³-hybridized carbons (Fsp3) is 0.235. The van der Waals surface area contributed by atoms with E-state index in [1.165, 1.54) is 5.56 Å². The van der Waals surface area contributed by atoms with E-state index in [0.29, 0.717) is 11.3 Å². The minimum Gasteiger partial charge on any atom is -0.398 e. The Balaban J connectivity index is 2.13. The highest BCUT2D eigenvalue weighted by Gasteiger charge is 2.10. The molecule has 0 aliphatic heterocycles. The molecule has 2 aromatic rings. The Morgan fingerprint density at radius 2 is 1.85 bits per heavy atom. The predicted molar refractivity (Wildman–Crippen MR) is 84.0 cm³/mol. The van der Waals surface area contributed by atoms with E-state index in [1.54, 1.807) is 6.07 Å². The molecule has 20 heavy (non-hydrogen) atoms. The van der Waals surface area contributed by atoms with Crippen molar-refractivity contribution < 1.29 is 4.79 Å². The zero-order chi connectivity index (χ0) is 14.5. The fourth-order valence-corrected chi connectivity index (χ4v) is 2.12. The minimum atomic E-state index is -0.172. The molecule has 0 fully saturated rings. The van der Waals surface area contributed by atoms with Crippen molar-refractivity contribution in [3.63, 3.8) is 0 Å². The molecule has 0 unspecified atom stereocenters. The van der Waals surface area contributed by atoms with Gasteiger partial charge < -0.3 is 11.1 Å². The molecule has 2 rings (SSSR count). The van der Waals surface area contributed by atoms with Crippen molar-refractivity contribution in [2.75, 3.05) is 11.1 Å². The van der Waals surface area contributed by atoms with Gasteiger partial charge in [0.15, 0.2) is 0 Å². The maximum atomic E-state index is 12.2. The molecule has 0 aliphatic rings. The number of para-hydroxylation sites is 1. The topological polar surface area (TPSA) is 55.1 Å². The quantitative estimate of drug-likeness (QED) is 0.829. The van der Waals surface area contributed by atoms with E-state index >= 15 is 0 Å². The lowest BCUT2D eigenvalue weighted by Gasteiger charge is -2.09. The van der Waals surface area contributed by atoms with E-state index in [-0.39, 0.29) is 5.91 Å². The van der Waals surface area contributed by atoms with Crippen LogP contribution in [0.25, 0.3) is 0 Å². The Labute approximate surface area is 119 Å². The summed E-state index contributed by atoms with van der Waals surface area (Å²) in [4.78, 5) is 12.2. The average molecular weight is 268 g/mol. The number of hydrogen-bond donors (Lipinski definition) is 2. The van der Waals surface area contributed by atoms with Crippen LogP contribution in [0.5, 0.6) is 0 Å². The lowest BCUT2D eigenvalue weighted by atomic mass is 10.1. The van der Waals surface area contributed by atoms with Crippen LogP contribution >= 0.6 is 0 Å². The third-order valence-corrected chi connectivity index (χ3v) is 3.32. The number of nitrogen functional groups attached to an aromatic ring is 1. The molecule has 3 nitrogen and oxygen atoms in total. The predicted octanol–water partition coefficient (Wildman–Crippen LogP) is 3.78. The van der Waals surface area contributed by atoms with Crippen LogP contribution in [0.15, 0.2) is 42.5 Å². The van der Waals surface area contributed by atoms with Crippen molar-refractivity contribution >= 4 is 17.3 Å². The van der Waals surface area contributed by atoms with E-state index in [2.05, 4.69) is 12.2 Å². The number of amides is 1. The van der Waals surface area contributed by atoms with Crippen LogP contribution in [-0.2, 0) is 6.42 Å². The minimum absolute atomic E-state index is 0.172. The van der Waals surface area contributed by atoms with Gasteiger partial charge in [-0.05, 0) is 42.7 Å². The molecule has 0 saturated heterocycles. The third-order valence-electron chi connectivity index (χ3n) is 3.32. The largest absolute Gasteiger partial charge is 0.398 e. The number of anilines is 2. The normalized spacial score (nSPS) is 10.3. The fourth-order valence-electron chi connectivity index (χ4n) is 2.12. The highest BCUT2D eigenvalue weighted by atomic mass is 16.1. The van der Waals surface area contributed by atoms with Crippen molar-refractivity contribution in [1.82, 2.24) is 0 Å². The highest BCUT2D eigenvalue weighted by Crippen LogP contribution is 2.18. The smallest absolute Gasteiger partial charge is 0.257 e. The summed E-state index contributed by atoms with van der Waals surface area (Å²) in [6.45, 7) is 4.04. The van der Waals surface area contributed by atoms with Crippen LogP contribution < -0.4 is 11.1 Å². The van der Waals surface area contributed by atoms with E-state index in [1.807, 2.05) is 43.3 Å². The maximum Gasteiger partial charge on any atom is 0.257 e. The van der Waals surface area contributed by atoms with Crippen LogP contribution in [0.2, 0.25) is 0 Å². The molecule has 0 aliphatic carbocycles. The molecule has 3 heteroatoms. The molecular formula is C17H20N2O. The Bertz CT molecular complexity index is 603. The van der Waals surface area contributed by atoms with Gasteiger partial charge in [0.1, 0.15) is 0 Å². The van der Waals surface area contributed by atoms with Gasteiger partial charge in [-0.15, -0.1) is 0 Å². The molecule has 0 heterocycles. The van der Waals surface area contributed by atoms with Crippen molar-refractivity contribution in [1.29, 1.82) is 0 Å². The number of nitrogens with one attached hydrogen (secondary N) is 1. The van der Waals surface area contributed by atoms with Gasteiger partial charge in [-0.3, -0.25) is 4.79 Å². The number of rotatable bonds is 4. The molecule has 0 spiro atoms. The van der Waals surface area contributed by atoms with Gasteiger partial charge in [0.2, 0.25) is 0 Å². The number of benzene rings is 2. The van der Waals surface area contributed by atoms with Gasteiger partial charge in [-0.1, -0.05) is 37.6 Å². The Morgan fingerprint density at radius 1 is 1.15 bits per heavy atom. The first-order valence-corrected chi connectivity index (χ1v) is 6.87. The van der Waals surface area contributed by atoms with Crippen LogP contribution in [0.1, 0.15) is 34.8 Å². The summed E-state index contributed by atoms with van der Waals surface area (Å²) in [6.07, 6.45) is 2.17. The van der Waals surface area contributed by atoms with E-state index in [4.69, 9.17) is 5.73 Å². The molecule has 0 atom stereocenters. The molecule has 2 aromatic carbocycles. The molecule has 1 amide bonds. The summed E-state index contributed by atoms with van der Waals surface area (Å²) in [5.74, 6) is -0.172. The molecule has 0 bridgehead atoms. The number of hydrogen-bond acceptors (Lipinski definition) is 2. The summed E-state index contributed by atoms with van der Waals surface area (Å²) in [6, 6.07) is 13.4. The molecule has 0 saturated carbocycles. The van der Waals surface area contributed by atoms with Crippen molar-refractivity contribution in [2.24, 2.45) is 0 Å². The molecular weight excluding hydrogens is 248 g/mol. The summed E-state index contributed by atoms with van der Waals surface area (Å²) >= 11 is 0. The van der Waals surface area contributed by atoms with E-state index in [9.17, 15) is 4.79 Å². The summed E-state index contributed by atoms with van der Waals surface area (Å²) in [5, 5.41) is 2.88. The number of carbonyl (C=O) groups excluding carboxylic acids is 1. The van der Waals surface area contributed by atoms with Crippen molar-refractivity contribution in [3.8, 4) is 0 Å². The zero-order valence-corrected chi connectivity index (χ0v) is 11.9. The lowest BCUT2D eigenvalue weighted by molar-refractivity contribution is 0.102. The number of aryl methyl sites for hydroxylation is 2. The first-order chi connectivity index (χ1) is 9.61. The van der Waals surface area contributed by atoms with Gasteiger partial charge >= 0.3 is 0 Å². The first kappa shape index (κ1) is 14.1. The maximum absolute atomic E-state index is 12.2. The Hall–Kier alpha value is -2.29. The molecule has 0 radical (unpaired) electrons. The standard InChI is InChI=1S/C17H20N2O/c1-3-5-13-8-10-14(11-9-13)19-17(20)15-7-4-6-12(2)16(15)18/h4,6-11H,3,5,18H2,1-2H3,(H,19,20). The molecule has 104 valence electrons. The van der Waals surface area contributed by atoms with E-state index in [0.717, 1.165) is 24.1 Å².